The van der Waals surface area contributed by atoms with E-state index in [1.165, 1.54) is 36.5 Å². The minimum Gasteiger partial charge on any atom is -0.253 e. The Kier molecular flexibility index (Phi) is 2.74. The first kappa shape index (κ1) is 6.47. The lowest BCUT2D eigenvalue weighted by atomic mass is 10.3. The first-order valence-corrected chi connectivity index (χ1v) is 5.35. The number of hydrogen-bond acceptors (Lipinski definition) is 0. The molecule has 0 bridgehead atoms. The van der Waals surface area contributed by atoms with Gasteiger partial charge in [-0.25, -0.2) is 0 Å². The zero-order chi connectivity index (χ0) is 5.82. The fraction of sp³-hybridized carbons (Fsp3) is 0.857. The molecule has 1 saturated heterocycles. The lowest BCUT2D eigenvalue weighted by molar-refractivity contribution is 0.759. The molecule has 0 saturated carbocycles. The van der Waals surface area contributed by atoms with Crippen LogP contribution in [0.1, 0.15) is 19.3 Å². The molecule has 0 aromatic carbocycles. The van der Waals surface area contributed by atoms with Gasteiger partial charge in [0.05, 0.1) is 0 Å². The molecule has 0 aliphatic carbocycles. The second kappa shape index (κ2) is 3.39. The van der Waals surface area contributed by atoms with Crippen molar-refractivity contribution >= 4 is 10.9 Å². The average molecular weight is 131 g/mol. The Morgan fingerprint density at radius 2 is 1.75 bits per heavy atom. The van der Waals surface area contributed by atoms with Crippen molar-refractivity contribution in [1.29, 1.82) is 0 Å². The van der Waals surface area contributed by atoms with Crippen LogP contribution in [-0.2, 0) is 0 Å². The summed E-state index contributed by atoms with van der Waals surface area (Å²) in [4.78, 5) is 0. The molecule has 1 heteroatoms. The predicted octanol–water partition coefficient (Wildman–Crippen LogP) is 2.01. The van der Waals surface area contributed by atoms with Crippen LogP contribution in [0.2, 0.25) is 0 Å². The minimum atomic E-state index is 0.419. The summed E-state index contributed by atoms with van der Waals surface area (Å²) >= 11 is 0. The maximum atomic E-state index is 3.94. The van der Waals surface area contributed by atoms with Crippen molar-refractivity contribution < 1.29 is 0 Å². The fourth-order valence-corrected chi connectivity index (χ4v) is 3.20. The summed E-state index contributed by atoms with van der Waals surface area (Å²) < 4.78 is 0. The van der Waals surface area contributed by atoms with E-state index in [2.05, 4.69) is 6.92 Å². The van der Waals surface area contributed by atoms with Gasteiger partial charge in [-0.15, -0.1) is 0 Å². The van der Waals surface area contributed by atoms with Crippen molar-refractivity contribution in [2.75, 3.05) is 17.3 Å². The first-order chi connectivity index (χ1) is 3.93. The Morgan fingerprint density at radius 3 is 2.12 bits per heavy atom. The Morgan fingerprint density at radius 1 is 1.12 bits per heavy atom. The maximum absolute atomic E-state index is 3.94. The predicted molar refractivity (Wildman–Crippen MR) is 42.8 cm³/mol. The van der Waals surface area contributed by atoms with E-state index in [4.69, 9.17) is 0 Å². The van der Waals surface area contributed by atoms with Gasteiger partial charge in [-0.05, 0) is 37.0 Å². The molecular weight excluding hydrogens is 116 g/mol. The SMILES string of the molecule is [CH2]C[SH]1CCCCC1. The number of thiol groups is 1. The fourth-order valence-electron chi connectivity index (χ4n) is 1.18. The molecule has 8 heavy (non-hydrogen) atoms. The van der Waals surface area contributed by atoms with Crippen molar-refractivity contribution in [3.05, 3.63) is 6.92 Å². The number of hydrogen-bond donors (Lipinski definition) is 1. The van der Waals surface area contributed by atoms with Crippen molar-refractivity contribution in [3.8, 4) is 0 Å². The Labute approximate surface area is 55.0 Å². The molecule has 1 aliphatic rings. The topological polar surface area (TPSA) is 0 Å². The van der Waals surface area contributed by atoms with Gasteiger partial charge in [0.1, 0.15) is 0 Å². The monoisotopic (exact) mass is 131 g/mol. The summed E-state index contributed by atoms with van der Waals surface area (Å²) in [6, 6.07) is 0. The van der Waals surface area contributed by atoms with Gasteiger partial charge in [-0.3, -0.25) is 10.9 Å². The van der Waals surface area contributed by atoms with Crippen LogP contribution in [0.3, 0.4) is 0 Å². The molecule has 0 amide bonds. The molecule has 1 rings (SSSR count). The quantitative estimate of drug-likeness (QED) is 0.517. The molecule has 0 N–H and O–H groups in total. The molecule has 1 fully saturated rings. The second-order valence-electron chi connectivity index (χ2n) is 2.40. The Bertz CT molecular complexity index is 55.4. The van der Waals surface area contributed by atoms with Gasteiger partial charge in [0, 0.05) is 0 Å². The van der Waals surface area contributed by atoms with Crippen LogP contribution in [0.4, 0.5) is 0 Å². The maximum Gasteiger partial charge on any atom is -0.0253 e. The molecule has 0 spiro atoms. The smallest absolute Gasteiger partial charge is 0.0253 e. The van der Waals surface area contributed by atoms with E-state index in [1.54, 1.807) is 0 Å². The summed E-state index contributed by atoms with van der Waals surface area (Å²) in [6.07, 6.45) is 4.46. The third kappa shape index (κ3) is 1.70. The van der Waals surface area contributed by atoms with Crippen LogP contribution in [0.15, 0.2) is 0 Å². The van der Waals surface area contributed by atoms with Crippen LogP contribution in [-0.4, -0.2) is 17.3 Å². The van der Waals surface area contributed by atoms with Crippen molar-refractivity contribution in [2.45, 2.75) is 19.3 Å². The summed E-state index contributed by atoms with van der Waals surface area (Å²) in [5.74, 6) is 4.26. The molecule has 0 unspecified atom stereocenters. The summed E-state index contributed by atoms with van der Waals surface area (Å²) in [5, 5.41) is 0. The first-order valence-electron chi connectivity index (χ1n) is 3.45. The zero-order valence-corrected chi connectivity index (χ0v) is 6.29. The highest BCUT2D eigenvalue weighted by atomic mass is 32.2. The van der Waals surface area contributed by atoms with E-state index >= 15 is 0 Å². The van der Waals surface area contributed by atoms with E-state index in [0.29, 0.717) is 10.9 Å². The van der Waals surface area contributed by atoms with Crippen LogP contribution in [0, 0.1) is 6.92 Å². The lowest BCUT2D eigenvalue weighted by Crippen LogP contribution is -2.03. The number of rotatable bonds is 1. The highest BCUT2D eigenvalue weighted by molar-refractivity contribution is 8.17. The van der Waals surface area contributed by atoms with Crippen molar-refractivity contribution in [3.63, 3.8) is 0 Å². The largest absolute Gasteiger partial charge is 0.253 e. The van der Waals surface area contributed by atoms with Crippen molar-refractivity contribution in [1.82, 2.24) is 0 Å². The van der Waals surface area contributed by atoms with Gasteiger partial charge >= 0.3 is 0 Å². The van der Waals surface area contributed by atoms with Gasteiger partial charge in [0.15, 0.2) is 0 Å². The molecule has 0 nitrogen and oxygen atoms in total. The highest BCUT2D eigenvalue weighted by Gasteiger charge is 2.05. The molecule has 1 radical (unpaired) electrons. The van der Waals surface area contributed by atoms with Gasteiger partial charge < -0.3 is 0 Å². The molecule has 1 heterocycles. The minimum absolute atomic E-state index is 0.419. The zero-order valence-electron chi connectivity index (χ0n) is 5.40. The molecule has 0 aromatic heterocycles. The normalized spacial score (nSPS) is 25.9. The van der Waals surface area contributed by atoms with E-state index in [0.717, 1.165) is 0 Å². The van der Waals surface area contributed by atoms with Crippen LogP contribution >= 0.6 is 10.9 Å². The van der Waals surface area contributed by atoms with Crippen LogP contribution in [0.25, 0.3) is 0 Å². The van der Waals surface area contributed by atoms with Gasteiger partial charge in [0.25, 0.3) is 0 Å². The van der Waals surface area contributed by atoms with E-state index in [-0.39, 0.29) is 0 Å². The van der Waals surface area contributed by atoms with E-state index < -0.39 is 0 Å². The van der Waals surface area contributed by atoms with Gasteiger partial charge in [0.2, 0.25) is 0 Å². The van der Waals surface area contributed by atoms with Crippen molar-refractivity contribution in [2.24, 2.45) is 0 Å². The molecular formula is C7H15S. The average Bonchev–Trinajstić information content (AvgIpc) is 1.90. The molecule has 0 aromatic rings. The highest BCUT2D eigenvalue weighted by Crippen LogP contribution is 2.31. The van der Waals surface area contributed by atoms with E-state index in [1.807, 2.05) is 0 Å². The molecule has 1 aliphatic heterocycles. The standard InChI is InChI=1S/C7H15S/c1-2-8-6-4-3-5-7-8/h8H,1-7H2. The summed E-state index contributed by atoms with van der Waals surface area (Å²) in [7, 11) is 0.419. The summed E-state index contributed by atoms with van der Waals surface area (Å²) in [5.41, 5.74) is 0. The third-order valence-electron chi connectivity index (χ3n) is 1.76. The van der Waals surface area contributed by atoms with Gasteiger partial charge in [-0.1, -0.05) is 6.42 Å². The van der Waals surface area contributed by atoms with E-state index in [9.17, 15) is 0 Å². The second-order valence-corrected chi connectivity index (χ2v) is 5.09. The Hall–Kier alpha value is 0.350. The molecule has 49 valence electrons. The Balaban J connectivity index is 2.13. The van der Waals surface area contributed by atoms with Crippen LogP contribution in [0.5, 0.6) is 0 Å². The summed E-state index contributed by atoms with van der Waals surface area (Å²) in [6.45, 7) is 3.94. The lowest BCUT2D eigenvalue weighted by Gasteiger charge is -2.23. The third-order valence-corrected chi connectivity index (χ3v) is 4.29. The van der Waals surface area contributed by atoms with Crippen LogP contribution < -0.4 is 0 Å². The molecule has 0 atom stereocenters. The van der Waals surface area contributed by atoms with Gasteiger partial charge in [-0.2, -0.15) is 0 Å².